The summed E-state index contributed by atoms with van der Waals surface area (Å²) in [6, 6.07) is 11.6. The van der Waals surface area contributed by atoms with Gasteiger partial charge >= 0.3 is 0 Å². The lowest BCUT2D eigenvalue weighted by Gasteiger charge is -2.13. The minimum Gasteiger partial charge on any atom is -0.497 e. The quantitative estimate of drug-likeness (QED) is 0.892. The lowest BCUT2D eigenvalue weighted by molar-refractivity contribution is 0.393. The van der Waals surface area contributed by atoms with Crippen LogP contribution < -0.4 is 14.8 Å². The Morgan fingerprint density at radius 1 is 1.05 bits per heavy atom. The summed E-state index contributed by atoms with van der Waals surface area (Å²) in [5, 5.41) is 4.08. The van der Waals surface area contributed by atoms with E-state index in [1.165, 1.54) is 0 Å². The number of ether oxygens (including phenoxy) is 2. The zero-order chi connectivity index (χ0) is 14.5. The van der Waals surface area contributed by atoms with Crippen molar-refractivity contribution in [2.45, 2.75) is 13.5 Å². The van der Waals surface area contributed by atoms with Crippen LogP contribution in [0.4, 0.5) is 5.69 Å². The zero-order valence-electron chi connectivity index (χ0n) is 11.9. The van der Waals surface area contributed by atoms with Crippen LogP contribution in [0.2, 0.25) is 5.02 Å². The van der Waals surface area contributed by atoms with Gasteiger partial charge in [0, 0.05) is 12.6 Å². The summed E-state index contributed by atoms with van der Waals surface area (Å²) in [6.45, 7) is 2.68. The third-order valence-electron chi connectivity index (χ3n) is 3.10. The molecule has 0 aliphatic rings. The van der Waals surface area contributed by atoms with Crippen LogP contribution in [0.5, 0.6) is 11.5 Å². The summed E-state index contributed by atoms with van der Waals surface area (Å²) in [4.78, 5) is 0. The number of anilines is 1. The van der Waals surface area contributed by atoms with Crippen LogP contribution in [0.15, 0.2) is 36.4 Å². The summed E-state index contributed by atoms with van der Waals surface area (Å²) in [5.74, 6) is 1.55. The van der Waals surface area contributed by atoms with E-state index in [9.17, 15) is 0 Å². The molecule has 0 atom stereocenters. The van der Waals surface area contributed by atoms with E-state index in [4.69, 9.17) is 21.1 Å². The minimum absolute atomic E-state index is 0.651. The number of halogens is 1. The Balaban J connectivity index is 2.18. The van der Waals surface area contributed by atoms with Gasteiger partial charge in [0.1, 0.15) is 11.5 Å². The molecule has 0 bridgehead atoms. The number of methoxy groups -OCH3 is 2. The standard InChI is InChI=1S/C16H18ClNO2/c1-11-5-4-6-15(17)16(11)18-10-12-7-13(19-2)9-14(8-12)20-3/h4-9,18H,10H2,1-3H3. The molecule has 0 aromatic heterocycles. The number of hydrogen-bond donors (Lipinski definition) is 1. The second kappa shape index (κ2) is 6.53. The lowest BCUT2D eigenvalue weighted by Crippen LogP contribution is -2.02. The molecule has 0 fully saturated rings. The van der Waals surface area contributed by atoms with Gasteiger partial charge in [0.25, 0.3) is 0 Å². The van der Waals surface area contributed by atoms with E-state index < -0.39 is 0 Å². The highest BCUT2D eigenvalue weighted by Gasteiger charge is 2.05. The predicted octanol–water partition coefficient (Wildman–Crippen LogP) is 4.28. The van der Waals surface area contributed by atoms with Gasteiger partial charge in [-0.15, -0.1) is 0 Å². The number of nitrogens with one attached hydrogen (secondary N) is 1. The van der Waals surface area contributed by atoms with Crippen LogP contribution >= 0.6 is 11.6 Å². The lowest BCUT2D eigenvalue weighted by atomic mass is 10.1. The summed E-state index contributed by atoms with van der Waals surface area (Å²) in [7, 11) is 3.29. The first-order valence-electron chi connectivity index (χ1n) is 6.35. The van der Waals surface area contributed by atoms with E-state index in [0.717, 1.165) is 33.3 Å². The smallest absolute Gasteiger partial charge is 0.122 e. The molecule has 106 valence electrons. The molecule has 0 saturated heterocycles. The van der Waals surface area contributed by atoms with E-state index in [2.05, 4.69) is 5.32 Å². The molecule has 0 spiro atoms. The third-order valence-corrected chi connectivity index (χ3v) is 3.42. The van der Waals surface area contributed by atoms with E-state index in [1.807, 2.05) is 43.3 Å². The molecule has 0 aliphatic carbocycles. The van der Waals surface area contributed by atoms with Crippen molar-refractivity contribution < 1.29 is 9.47 Å². The molecule has 4 heteroatoms. The van der Waals surface area contributed by atoms with Crippen LogP contribution in [0.3, 0.4) is 0 Å². The van der Waals surface area contributed by atoms with Gasteiger partial charge in [-0.05, 0) is 36.2 Å². The van der Waals surface area contributed by atoms with Crippen molar-refractivity contribution >= 4 is 17.3 Å². The number of rotatable bonds is 5. The highest BCUT2D eigenvalue weighted by atomic mass is 35.5. The van der Waals surface area contributed by atoms with Crippen LogP contribution in [0, 0.1) is 6.92 Å². The first kappa shape index (κ1) is 14.5. The normalized spacial score (nSPS) is 10.2. The second-order valence-electron chi connectivity index (χ2n) is 4.51. The summed E-state index contributed by atoms with van der Waals surface area (Å²) < 4.78 is 10.5. The maximum Gasteiger partial charge on any atom is 0.122 e. The van der Waals surface area contributed by atoms with Crippen molar-refractivity contribution in [3.63, 3.8) is 0 Å². The molecule has 0 heterocycles. The molecule has 20 heavy (non-hydrogen) atoms. The molecule has 0 aliphatic heterocycles. The molecular weight excluding hydrogens is 274 g/mol. The Labute approximate surface area is 124 Å². The molecule has 3 nitrogen and oxygen atoms in total. The molecular formula is C16H18ClNO2. The van der Waals surface area contributed by atoms with Gasteiger partial charge in [0.05, 0.1) is 24.9 Å². The van der Waals surface area contributed by atoms with Crippen molar-refractivity contribution in [1.82, 2.24) is 0 Å². The average molecular weight is 292 g/mol. The number of aryl methyl sites for hydroxylation is 1. The SMILES string of the molecule is COc1cc(CNc2c(C)cccc2Cl)cc(OC)c1. The molecule has 2 rings (SSSR count). The predicted molar refractivity (Wildman–Crippen MR) is 83.1 cm³/mol. The van der Waals surface area contributed by atoms with Crippen molar-refractivity contribution in [3.8, 4) is 11.5 Å². The average Bonchev–Trinajstić information content (AvgIpc) is 2.46. The molecule has 0 saturated carbocycles. The van der Waals surface area contributed by atoms with Crippen LogP contribution in [0.25, 0.3) is 0 Å². The highest BCUT2D eigenvalue weighted by molar-refractivity contribution is 6.33. The maximum absolute atomic E-state index is 6.20. The van der Waals surface area contributed by atoms with Gasteiger partial charge in [-0.1, -0.05) is 23.7 Å². The van der Waals surface area contributed by atoms with Crippen molar-refractivity contribution in [2.75, 3.05) is 19.5 Å². The van der Waals surface area contributed by atoms with Gasteiger partial charge in [0.2, 0.25) is 0 Å². The number of benzene rings is 2. The van der Waals surface area contributed by atoms with Crippen molar-refractivity contribution in [1.29, 1.82) is 0 Å². The highest BCUT2D eigenvalue weighted by Crippen LogP contribution is 2.27. The largest absolute Gasteiger partial charge is 0.497 e. The number of hydrogen-bond acceptors (Lipinski definition) is 3. The third kappa shape index (κ3) is 3.36. The molecule has 0 unspecified atom stereocenters. The van der Waals surface area contributed by atoms with Crippen LogP contribution in [0.1, 0.15) is 11.1 Å². The van der Waals surface area contributed by atoms with E-state index in [1.54, 1.807) is 14.2 Å². The van der Waals surface area contributed by atoms with Crippen LogP contribution in [-0.2, 0) is 6.54 Å². The Morgan fingerprint density at radius 2 is 1.70 bits per heavy atom. The Hall–Kier alpha value is -1.87. The summed E-state index contributed by atoms with van der Waals surface area (Å²) in [6.07, 6.45) is 0. The van der Waals surface area contributed by atoms with Crippen molar-refractivity contribution in [2.24, 2.45) is 0 Å². The minimum atomic E-state index is 0.651. The van der Waals surface area contributed by atoms with E-state index in [0.29, 0.717) is 6.54 Å². The summed E-state index contributed by atoms with van der Waals surface area (Å²) in [5.41, 5.74) is 3.14. The molecule has 0 radical (unpaired) electrons. The monoisotopic (exact) mass is 291 g/mol. The van der Waals surface area contributed by atoms with E-state index in [-0.39, 0.29) is 0 Å². The first-order valence-corrected chi connectivity index (χ1v) is 6.72. The molecule has 1 N–H and O–H groups in total. The van der Waals surface area contributed by atoms with Crippen LogP contribution in [-0.4, -0.2) is 14.2 Å². The molecule has 2 aromatic rings. The fourth-order valence-electron chi connectivity index (χ4n) is 2.01. The van der Waals surface area contributed by atoms with Gasteiger partial charge < -0.3 is 14.8 Å². The topological polar surface area (TPSA) is 30.5 Å². The first-order chi connectivity index (χ1) is 9.63. The second-order valence-corrected chi connectivity index (χ2v) is 4.91. The fraction of sp³-hybridized carbons (Fsp3) is 0.250. The maximum atomic E-state index is 6.20. The zero-order valence-corrected chi connectivity index (χ0v) is 12.6. The van der Waals surface area contributed by atoms with Gasteiger partial charge in [-0.25, -0.2) is 0 Å². The van der Waals surface area contributed by atoms with Crippen molar-refractivity contribution in [3.05, 3.63) is 52.5 Å². The Bertz CT molecular complexity index is 557. The Kier molecular flexibility index (Phi) is 4.74. The fourth-order valence-corrected chi connectivity index (χ4v) is 2.30. The van der Waals surface area contributed by atoms with Gasteiger partial charge in [-0.2, -0.15) is 0 Å². The molecule has 2 aromatic carbocycles. The number of para-hydroxylation sites is 1. The molecule has 0 amide bonds. The van der Waals surface area contributed by atoms with E-state index >= 15 is 0 Å². The van der Waals surface area contributed by atoms with Gasteiger partial charge in [-0.3, -0.25) is 0 Å². The summed E-state index contributed by atoms with van der Waals surface area (Å²) >= 11 is 6.20. The van der Waals surface area contributed by atoms with Gasteiger partial charge in [0.15, 0.2) is 0 Å². The Morgan fingerprint density at radius 3 is 2.25 bits per heavy atom.